The molecule has 27 heteroatoms. The van der Waals surface area contributed by atoms with Gasteiger partial charge in [0.05, 0.1) is 69.4 Å². The van der Waals surface area contributed by atoms with Crippen molar-refractivity contribution in [2.24, 2.45) is 0 Å². The van der Waals surface area contributed by atoms with Crippen LogP contribution in [0.3, 0.4) is 0 Å². The molecule has 15 atom stereocenters. The number of aliphatic hydroxyl groups is 12. The van der Waals surface area contributed by atoms with Crippen LogP contribution in [0.2, 0.25) is 0 Å². The highest BCUT2D eigenvalue weighted by atomic mass is 16.6. The van der Waals surface area contributed by atoms with Gasteiger partial charge in [-0.15, -0.1) is 0 Å². The van der Waals surface area contributed by atoms with E-state index in [1.54, 1.807) is 36.4 Å². The van der Waals surface area contributed by atoms with Gasteiger partial charge in [-0.3, -0.25) is 14.4 Å². The molecule has 0 spiro atoms. The number of phenols is 6. The van der Waals surface area contributed by atoms with Crippen LogP contribution in [-0.2, 0) is 14.2 Å². The van der Waals surface area contributed by atoms with Gasteiger partial charge < -0.3 is 119 Å². The van der Waals surface area contributed by atoms with Crippen molar-refractivity contribution in [3.63, 3.8) is 0 Å². The van der Waals surface area contributed by atoms with Crippen LogP contribution < -0.4 is 16.3 Å². The lowest BCUT2D eigenvalue weighted by atomic mass is 9.89. The Kier molecular flexibility index (Phi) is 18.8. The van der Waals surface area contributed by atoms with Gasteiger partial charge in [0.1, 0.15) is 162 Å². The molecule has 6 heterocycles. The van der Waals surface area contributed by atoms with Crippen molar-refractivity contribution in [1.29, 1.82) is 0 Å². The second kappa shape index (κ2) is 26.3. The Morgan fingerprint density at radius 1 is 0.300 bits per heavy atom. The number of hydrogen-bond donors (Lipinski definition) is 18. The molecule has 12 rings (SSSR count). The van der Waals surface area contributed by atoms with Gasteiger partial charge in [0.2, 0.25) is 16.3 Å². The molecule has 3 fully saturated rings. The zero-order valence-corrected chi connectivity index (χ0v) is 46.6. The highest BCUT2D eigenvalue weighted by Crippen LogP contribution is 2.44. The number of ether oxygens (including phenoxy) is 3. The summed E-state index contributed by atoms with van der Waals surface area (Å²) in [5.74, 6) is -0.941. The fourth-order valence-corrected chi connectivity index (χ4v) is 11.0. The van der Waals surface area contributed by atoms with Gasteiger partial charge in [-0.25, -0.2) is 0 Å². The predicted octanol–water partition coefficient (Wildman–Crippen LogP) is 1.16. The number of hydrogen-bond acceptors (Lipinski definition) is 27. The number of aliphatic hydroxyl groups excluding tert-OH is 12. The minimum Gasteiger partial charge on any atom is -0.508 e. The molecule has 3 aliphatic heterocycles. The van der Waals surface area contributed by atoms with E-state index in [2.05, 4.69) is 0 Å². The van der Waals surface area contributed by atoms with Crippen molar-refractivity contribution in [2.45, 2.75) is 91.6 Å². The van der Waals surface area contributed by atoms with E-state index < -0.39 is 128 Å². The quantitative estimate of drug-likeness (QED) is 0.0964. The first-order valence-electron chi connectivity index (χ1n) is 27.6. The molecule has 0 unspecified atom stereocenters. The predicted molar refractivity (Wildman–Crippen MR) is 312 cm³/mol. The Morgan fingerprint density at radius 2 is 0.533 bits per heavy atom. The van der Waals surface area contributed by atoms with Crippen LogP contribution in [0.4, 0.5) is 0 Å². The third kappa shape index (κ3) is 11.9. The standard InChI is InChI=1S/3C21H20O9/c3*22-7-14-17(26)18(27)19(28)21(30-14)15-13(24)6-5-11-16(25)12(8-29-20(11)15)9-1-3-10(23)4-2-9/h3*1-6,8,14,17-19,21-24,26-28H,7H2/t3*14-,17-,18+,19-,21+/m111/s1. The molecule has 6 aromatic carbocycles. The molecular formula is C63H60O27. The lowest BCUT2D eigenvalue weighted by Crippen LogP contribution is -2.55. The molecule has 18 N–H and O–H groups in total. The summed E-state index contributed by atoms with van der Waals surface area (Å²) in [4.78, 5) is 39.1. The van der Waals surface area contributed by atoms with E-state index in [4.69, 9.17) is 27.5 Å². The van der Waals surface area contributed by atoms with E-state index in [0.717, 1.165) is 0 Å². The minimum absolute atomic E-state index is 0.0405. The van der Waals surface area contributed by atoms with Crippen molar-refractivity contribution >= 4 is 32.9 Å². The van der Waals surface area contributed by atoms with Crippen LogP contribution in [0, 0.1) is 0 Å². The molecule has 3 aromatic heterocycles. The summed E-state index contributed by atoms with van der Waals surface area (Å²) in [6, 6.07) is 25.6. The molecule has 0 saturated carbocycles. The smallest absolute Gasteiger partial charge is 0.200 e. The summed E-state index contributed by atoms with van der Waals surface area (Å²) < 4.78 is 33.4. The zero-order chi connectivity index (χ0) is 64.7. The molecule has 3 aliphatic rings. The average Bonchev–Trinajstić information content (AvgIpc) is 0.773. The summed E-state index contributed by atoms with van der Waals surface area (Å²) in [5, 5.41) is 179. The van der Waals surface area contributed by atoms with Gasteiger partial charge in [0.15, 0.2) is 0 Å². The number of benzene rings is 6. The first-order chi connectivity index (χ1) is 43.0. The summed E-state index contributed by atoms with van der Waals surface area (Å²) in [7, 11) is 0. The highest BCUT2D eigenvalue weighted by molar-refractivity contribution is 5.88. The van der Waals surface area contributed by atoms with Crippen LogP contribution in [-0.4, -0.2) is 185 Å². The fourth-order valence-electron chi connectivity index (χ4n) is 11.0. The lowest BCUT2D eigenvalue weighted by molar-refractivity contribution is -0.231. The van der Waals surface area contributed by atoms with E-state index in [1.165, 1.54) is 91.6 Å². The molecule has 0 aliphatic carbocycles. The normalized spacial score (nSPS) is 26.7. The zero-order valence-electron chi connectivity index (χ0n) is 46.6. The molecule has 474 valence electrons. The summed E-state index contributed by atoms with van der Waals surface area (Å²) in [5.41, 5.74) is 0.451. The van der Waals surface area contributed by atoms with E-state index in [0.29, 0.717) is 16.7 Å². The van der Waals surface area contributed by atoms with Crippen molar-refractivity contribution in [1.82, 2.24) is 0 Å². The van der Waals surface area contributed by atoms with Crippen LogP contribution in [0.5, 0.6) is 34.5 Å². The van der Waals surface area contributed by atoms with Gasteiger partial charge in [-0.2, -0.15) is 0 Å². The number of fused-ring (bicyclic) bond motifs is 3. The SMILES string of the molecule is O=c1c(-c2ccc(O)cc2)coc2c([C@@H]3O[C@H](CO)[C@@H](O)[C@H](O)[C@H]3O)c(O)ccc12.O=c1c(-c2ccc(O)cc2)coc2c([C@@H]3O[C@H](CO)[C@@H](O)[C@H](O)[C@H]3O)c(O)ccc12.O=c1c(-c2ccc(O)cc2)coc2c([C@@H]3O[C@H](CO)[C@@H](O)[C@H](O)[C@H]3O)c(O)ccc12. The molecule has 0 radical (unpaired) electrons. The number of aromatic hydroxyl groups is 6. The minimum atomic E-state index is -1.65. The maximum Gasteiger partial charge on any atom is 0.200 e. The van der Waals surface area contributed by atoms with Crippen LogP contribution in [0.25, 0.3) is 66.3 Å². The molecular weight excluding hydrogens is 1190 g/mol. The maximum atomic E-state index is 13.0. The van der Waals surface area contributed by atoms with E-state index >= 15 is 0 Å². The Bertz CT molecular complexity index is 3790. The van der Waals surface area contributed by atoms with Gasteiger partial charge in [-0.1, -0.05) is 36.4 Å². The van der Waals surface area contributed by atoms with Gasteiger partial charge in [-0.05, 0) is 89.5 Å². The van der Waals surface area contributed by atoms with Gasteiger partial charge in [0, 0.05) is 0 Å². The third-order valence-corrected chi connectivity index (χ3v) is 15.9. The first-order valence-corrected chi connectivity index (χ1v) is 27.6. The Morgan fingerprint density at radius 3 is 0.756 bits per heavy atom. The molecule has 0 amide bonds. The summed E-state index contributed by atoms with van der Waals surface area (Å²) in [6.07, 6.45) is -18.7. The molecule has 3 saturated heterocycles. The molecule has 27 nitrogen and oxygen atoms in total. The van der Waals surface area contributed by atoms with E-state index in [9.17, 15) is 106 Å². The average molecular weight is 1250 g/mol. The van der Waals surface area contributed by atoms with Gasteiger partial charge in [0.25, 0.3) is 0 Å². The maximum absolute atomic E-state index is 13.0. The number of rotatable bonds is 9. The fraction of sp³-hybridized carbons (Fsp3) is 0.286. The number of phenolic OH excluding ortho intramolecular Hbond substituents is 6. The topological polar surface area (TPSA) is 482 Å². The summed E-state index contributed by atoms with van der Waals surface area (Å²) >= 11 is 0. The highest BCUT2D eigenvalue weighted by Gasteiger charge is 2.48. The monoisotopic (exact) mass is 1250 g/mol. The van der Waals surface area contributed by atoms with E-state index in [-0.39, 0.29) is 101 Å². The Labute approximate surface area is 505 Å². The van der Waals surface area contributed by atoms with Crippen LogP contribution in [0.1, 0.15) is 35.0 Å². The largest absolute Gasteiger partial charge is 0.508 e. The third-order valence-electron chi connectivity index (χ3n) is 15.9. The molecule has 9 aromatic rings. The van der Waals surface area contributed by atoms with Crippen LogP contribution in [0.15, 0.2) is 156 Å². The van der Waals surface area contributed by atoms with Crippen molar-refractivity contribution in [3.05, 3.63) is 175 Å². The molecule has 90 heavy (non-hydrogen) atoms. The van der Waals surface area contributed by atoms with Gasteiger partial charge >= 0.3 is 0 Å². The summed E-state index contributed by atoms with van der Waals surface area (Å²) in [6.45, 7) is -1.91. The first kappa shape index (κ1) is 64.1. The lowest BCUT2D eigenvalue weighted by Gasteiger charge is -2.40. The molecule has 0 bridgehead atoms. The van der Waals surface area contributed by atoms with Crippen molar-refractivity contribution < 1.29 is 119 Å². The van der Waals surface area contributed by atoms with E-state index in [1.807, 2.05) is 0 Å². The Hall–Kier alpha value is -8.85. The second-order valence-corrected chi connectivity index (χ2v) is 21.4. The van der Waals surface area contributed by atoms with Crippen LogP contribution >= 0.6 is 0 Å². The van der Waals surface area contributed by atoms with Crippen molar-refractivity contribution in [2.75, 3.05) is 19.8 Å². The van der Waals surface area contributed by atoms with Crippen molar-refractivity contribution in [3.8, 4) is 67.9 Å². The Balaban J connectivity index is 0.000000148. The second-order valence-electron chi connectivity index (χ2n) is 21.4.